The molecule has 3 rings (SSSR count). The summed E-state index contributed by atoms with van der Waals surface area (Å²) in [5.74, 6) is -1.60. The molecule has 5 N–H and O–H groups in total. The van der Waals surface area contributed by atoms with E-state index in [1.807, 2.05) is 0 Å². The van der Waals surface area contributed by atoms with Gasteiger partial charge in [-0.1, -0.05) is 25.1 Å². The number of rotatable bonds is 7. The van der Waals surface area contributed by atoms with Crippen LogP contribution in [0.1, 0.15) is 34.8 Å². The highest BCUT2D eigenvalue weighted by Gasteiger charge is 2.35. The van der Waals surface area contributed by atoms with E-state index in [4.69, 9.17) is 5.73 Å². The van der Waals surface area contributed by atoms with Crippen LogP contribution >= 0.6 is 0 Å². The number of aromatic nitrogens is 2. The number of primary amides is 1. The molecule has 2 amide bonds. The van der Waals surface area contributed by atoms with Crippen molar-refractivity contribution in [1.82, 2.24) is 9.97 Å². The molecule has 0 aliphatic carbocycles. The summed E-state index contributed by atoms with van der Waals surface area (Å²) in [6.07, 6.45) is -3.88. The van der Waals surface area contributed by atoms with Crippen LogP contribution in [0.15, 0.2) is 48.7 Å². The van der Waals surface area contributed by atoms with Crippen molar-refractivity contribution in [2.24, 2.45) is 5.73 Å². The van der Waals surface area contributed by atoms with Gasteiger partial charge in [-0.05, 0) is 36.8 Å². The van der Waals surface area contributed by atoms with Gasteiger partial charge in [0.05, 0.1) is 11.4 Å². The molecular formula is C22H21F3N6O2. The van der Waals surface area contributed by atoms with Crippen molar-refractivity contribution < 1.29 is 22.8 Å². The topological polar surface area (TPSA) is 122 Å². The Hall–Kier alpha value is -4.15. The maximum Gasteiger partial charge on any atom is 0.421 e. The molecule has 0 atom stereocenters. The van der Waals surface area contributed by atoms with Crippen LogP contribution < -0.4 is 21.7 Å². The Kier molecular flexibility index (Phi) is 6.80. The van der Waals surface area contributed by atoms with Crippen LogP contribution in [0, 0.1) is 6.92 Å². The Morgan fingerprint density at radius 1 is 1.03 bits per heavy atom. The summed E-state index contributed by atoms with van der Waals surface area (Å²) in [4.78, 5) is 31.0. The first kappa shape index (κ1) is 23.5. The molecular weight excluding hydrogens is 437 g/mol. The Balaban J connectivity index is 2.00. The van der Waals surface area contributed by atoms with Gasteiger partial charge in [0.2, 0.25) is 17.8 Å². The van der Waals surface area contributed by atoms with Crippen LogP contribution in [0.3, 0.4) is 0 Å². The van der Waals surface area contributed by atoms with E-state index in [0.29, 0.717) is 23.1 Å². The molecule has 3 aromatic rings. The third kappa shape index (κ3) is 5.76. The summed E-state index contributed by atoms with van der Waals surface area (Å²) >= 11 is 0. The molecule has 172 valence electrons. The maximum absolute atomic E-state index is 13.6. The number of alkyl halides is 3. The van der Waals surface area contributed by atoms with Crippen molar-refractivity contribution in [1.29, 1.82) is 0 Å². The average molecular weight is 458 g/mol. The molecule has 2 aromatic carbocycles. The van der Waals surface area contributed by atoms with E-state index in [0.717, 1.165) is 0 Å². The van der Waals surface area contributed by atoms with E-state index in [1.165, 1.54) is 18.2 Å². The first-order valence-corrected chi connectivity index (χ1v) is 9.86. The van der Waals surface area contributed by atoms with E-state index >= 15 is 0 Å². The average Bonchev–Trinajstić information content (AvgIpc) is 2.75. The van der Waals surface area contributed by atoms with Gasteiger partial charge in [-0.25, -0.2) is 4.98 Å². The lowest BCUT2D eigenvalue weighted by Crippen LogP contribution is -2.15. The SMILES string of the molecule is CCC(=O)Nc1ccccc1Nc1nc(Nc2cc(C(N)=O)ccc2C)ncc1C(F)(F)F. The van der Waals surface area contributed by atoms with Crippen molar-refractivity contribution in [3.05, 3.63) is 65.4 Å². The predicted octanol–water partition coefficient (Wildman–Crippen LogP) is 4.74. The van der Waals surface area contributed by atoms with Crippen LogP contribution in [0.25, 0.3) is 0 Å². The van der Waals surface area contributed by atoms with Crippen molar-refractivity contribution in [3.63, 3.8) is 0 Å². The number of hydrogen-bond acceptors (Lipinski definition) is 6. The van der Waals surface area contributed by atoms with Gasteiger partial charge in [0.1, 0.15) is 11.4 Å². The third-order valence-corrected chi connectivity index (χ3v) is 4.64. The number of carbonyl (C=O) groups is 2. The summed E-state index contributed by atoms with van der Waals surface area (Å²) in [5.41, 5.74) is 6.06. The van der Waals surface area contributed by atoms with Crippen molar-refractivity contribution in [3.8, 4) is 0 Å². The molecule has 1 aromatic heterocycles. The molecule has 0 spiro atoms. The molecule has 11 heteroatoms. The van der Waals surface area contributed by atoms with Gasteiger partial charge in [-0.15, -0.1) is 0 Å². The number of nitrogens with two attached hydrogens (primary N) is 1. The Bertz CT molecular complexity index is 1200. The fourth-order valence-electron chi connectivity index (χ4n) is 2.84. The minimum atomic E-state index is -4.73. The lowest BCUT2D eigenvalue weighted by Gasteiger charge is -2.17. The normalized spacial score (nSPS) is 11.1. The fraction of sp³-hybridized carbons (Fsp3) is 0.182. The Labute approximate surface area is 187 Å². The van der Waals surface area contributed by atoms with Crippen LogP contribution in [0.2, 0.25) is 0 Å². The number of aryl methyl sites for hydroxylation is 1. The highest BCUT2D eigenvalue weighted by atomic mass is 19.4. The number of amides is 2. The van der Waals surface area contributed by atoms with Crippen molar-refractivity contribution in [2.75, 3.05) is 16.0 Å². The zero-order valence-electron chi connectivity index (χ0n) is 17.7. The molecule has 0 radical (unpaired) electrons. The number of carbonyl (C=O) groups excluding carboxylic acids is 2. The van der Waals surface area contributed by atoms with Crippen LogP contribution in [-0.2, 0) is 11.0 Å². The number of anilines is 5. The molecule has 0 aliphatic heterocycles. The molecule has 8 nitrogen and oxygen atoms in total. The van der Waals surface area contributed by atoms with E-state index in [9.17, 15) is 22.8 Å². The summed E-state index contributed by atoms with van der Waals surface area (Å²) in [6.45, 7) is 3.40. The van der Waals surface area contributed by atoms with Gasteiger partial charge in [-0.3, -0.25) is 9.59 Å². The van der Waals surface area contributed by atoms with Gasteiger partial charge in [0, 0.05) is 23.9 Å². The second-order valence-corrected chi connectivity index (χ2v) is 7.04. The second-order valence-electron chi connectivity index (χ2n) is 7.04. The number of nitrogens with zero attached hydrogens (tertiary/aromatic N) is 2. The van der Waals surface area contributed by atoms with Crippen LogP contribution in [0.4, 0.5) is 42.0 Å². The van der Waals surface area contributed by atoms with Gasteiger partial charge >= 0.3 is 6.18 Å². The lowest BCUT2D eigenvalue weighted by molar-refractivity contribution is -0.137. The van der Waals surface area contributed by atoms with Gasteiger partial charge in [-0.2, -0.15) is 18.2 Å². The van der Waals surface area contributed by atoms with Crippen molar-refractivity contribution >= 4 is 40.6 Å². The van der Waals surface area contributed by atoms with Crippen molar-refractivity contribution in [2.45, 2.75) is 26.4 Å². The molecule has 0 bridgehead atoms. The summed E-state index contributed by atoms with van der Waals surface area (Å²) in [6, 6.07) is 11.0. The van der Waals surface area contributed by atoms with Gasteiger partial charge in [0.25, 0.3) is 0 Å². The minimum Gasteiger partial charge on any atom is -0.366 e. The predicted molar refractivity (Wildman–Crippen MR) is 119 cm³/mol. The maximum atomic E-state index is 13.6. The standard InChI is InChI=1S/C22H21F3N6O2/c1-3-18(32)28-15-6-4-5-7-16(15)29-20-14(22(23,24)25)11-27-21(31-20)30-17-10-13(19(26)33)9-8-12(17)2/h4-11H,3H2,1-2H3,(H2,26,33)(H,28,32)(H2,27,29,30,31). The fourth-order valence-corrected chi connectivity index (χ4v) is 2.84. The highest BCUT2D eigenvalue weighted by molar-refractivity contribution is 5.95. The lowest BCUT2D eigenvalue weighted by atomic mass is 10.1. The molecule has 0 fully saturated rings. The quantitative estimate of drug-likeness (QED) is 0.406. The van der Waals surface area contributed by atoms with E-state index < -0.39 is 23.5 Å². The minimum absolute atomic E-state index is 0.134. The molecule has 0 aliphatic rings. The monoisotopic (exact) mass is 458 g/mol. The van der Waals surface area contributed by atoms with Crippen LogP contribution in [-0.4, -0.2) is 21.8 Å². The van der Waals surface area contributed by atoms with E-state index in [2.05, 4.69) is 25.9 Å². The summed E-state index contributed by atoms with van der Waals surface area (Å²) in [7, 11) is 0. The summed E-state index contributed by atoms with van der Waals surface area (Å²) in [5, 5.41) is 8.10. The number of para-hydroxylation sites is 2. The van der Waals surface area contributed by atoms with E-state index in [1.54, 1.807) is 38.1 Å². The zero-order valence-corrected chi connectivity index (χ0v) is 17.7. The van der Waals surface area contributed by atoms with Crippen LogP contribution in [0.5, 0.6) is 0 Å². The second kappa shape index (κ2) is 9.55. The molecule has 1 heterocycles. The Morgan fingerprint density at radius 2 is 1.73 bits per heavy atom. The number of hydrogen-bond donors (Lipinski definition) is 4. The summed E-state index contributed by atoms with van der Waals surface area (Å²) < 4.78 is 40.9. The molecule has 0 saturated carbocycles. The smallest absolute Gasteiger partial charge is 0.366 e. The Morgan fingerprint density at radius 3 is 2.36 bits per heavy atom. The zero-order chi connectivity index (χ0) is 24.2. The van der Waals surface area contributed by atoms with E-state index in [-0.39, 0.29) is 29.5 Å². The molecule has 0 saturated heterocycles. The van der Waals surface area contributed by atoms with Gasteiger partial charge < -0.3 is 21.7 Å². The highest BCUT2D eigenvalue weighted by Crippen LogP contribution is 2.36. The molecule has 0 unspecified atom stereocenters. The van der Waals surface area contributed by atoms with Gasteiger partial charge in [0.15, 0.2) is 0 Å². The molecule has 33 heavy (non-hydrogen) atoms. The first-order valence-electron chi connectivity index (χ1n) is 9.86. The first-order chi connectivity index (χ1) is 15.6. The third-order valence-electron chi connectivity index (χ3n) is 4.64. The largest absolute Gasteiger partial charge is 0.421 e. The number of benzene rings is 2. The number of nitrogens with one attached hydrogen (secondary N) is 3. The number of halogens is 3.